The molecule has 0 atom stereocenters. The summed E-state index contributed by atoms with van der Waals surface area (Å²) in [6, 6.07) is 18.6. The fourth-order valence-electron chi connectivity index (χ4n) is 2.54. The molecule has 3 rings (SSSR count). The summed E-state index contributed by atoms with van der Waals surface area (Å²) < 4.78 is 2.24. The van der Waals surface area contributed by atoms with E-state index >= 15 is 0 Å². The number of hydrogen-bond acceptors (Lipinski definition) is 2. The highest BCUT2D eigenvalue weighted by molar-refractivity contribution is 5.78. The highest BCUT2D eigenvalue weighted by Crippen LogP contribution is 2.23. The third-order valence-electron chi connectivity index (χ3n) is 3.64. The number of nitrogens with zero attached hydrogens (tertiary/aromatic N) is 2. The molecule has 0 spiro atoms. The van der Waals surface area contributed by atoms with Crippen molar-refractivity contribution in [2.75, 3.05) is 0 Å². The first kappa shape index (κ1) is 13.8. The predicted molar refractivity (Wildman–Crippen MR) is 87.7 cm³/mol. The fourth-order valence-corrected chi connectivity index (χ4v) is 2.54. The maximum absolute atomic E-state index is 6.13. The third kappa shape index (κ3) is 2.98. The van der Waals surface area contributed by atoms with E-state index in [0.717, 1.165) is 35.4 Å². The van der Waals surface area contributed by atoms with E-state index in [0.29, 0.717) is 0 Å². The summed E-state index contributed by atoms with van der Waals surface area (Å²) in [5.74, 6) is 1.07. The van der Waals surface area contributed by atoms with Gasteiger partial charge in [-0.05, 0) is 44.5 Å². The van der Waals surface area contributed by atoms with Gasteiger partial charge in [0.15, 0.2) is 0 Å². The standard InChI is InChI=1S/C18H21N3/c1-18(2,19)13-12-17-20-15-10-6-7-11-16(15)21(17)14-8-4-3-5-9-14/h3-11H,12-13,19H2,1-2H3. The van der Waals surface area contributed by atoms with Gasteiger partial charge in [0.2, 0.25) is 0 Å². The second-order valence-corrected chi connectivity index (χ2v) is 6.18. The van der Waals surface area contributed by atoms with Crippen LogP contribution in [0.2, 0.25) is 0 Å². The summed E-state index contributed by atoms with van der Waals surface area (Å²) >= 11 is 0. The van der Waals surface area contributed by atoms with E-state index in [1.54, 1.807) is 0 Å². The first-order chi connectivity index (χ1) is 10.0. The molecular weight excluding hydrogens is 258 g/mol. The molecule has 3 heteroatoms. The van der Waals surface area contributed by atoms with E-state index in [1.807, 2.05) is 12.1 Å². The van der Waals surface area contributed by atoms with Crippen LogP contribution >= 0.6 is 0 Å². The zero-order chi connectivity index (χ0) is 14.9. The molecule has 2 N–H and O–H groups in total. The summed E-state index contributed by atoms with van der Waals surface area (Å²) in [6.07, 6.45) is 1.77. The van der Waals surface area contributed by atoms with Crippen LogP contribution in [0.1, 0.15) is 26.1 Å². The molecule has 3 aromatic rings. The molecule has 0 unspecified atom stereocenters. The van der Waals surface area contributed by atoms with Gasteiger partial charge in [-0.3, -0.25) is 4.57 Å². The van der Waals surface area contributed by atoms with Crippen molar-refractivity contribution in [3.05, 3.63) is 60.4 Å². The average Bonchev–Trinajstić information content (AvgIpc) is 2.84. The van der Waals surface area contributed by atoms with E-state index < -0.39 is 0 Å². The van der Waals surface area contributed by atoms with Crippen molar-refractivity contribution in [2.45, 2.75) is 32.2 Å². The van der Waals surface area contributed by atoms with Gasteiger partial charge in [0.25, 0.3) is 0 Å². The lowest BCUT2D eigenvalue weighted by molar-refractivity contribution is 0.470. The minimum absolute atomic E-state index is 0.181. The van der Waals surface area contributed by atoms with Gasteiger partial charge in [-0.1, -0.05) is 30.3 Å². The second-order valence-electron chi connectivity index (χ2n) is 6.18. The van der Waals surface area contributed by atoms with Crippen molar-refractivity contribution in [3.63, 3.8) is 0 Å². The summed E-state index contributed by atoms with van der Waals surface area (Å²) in [4.78, 5) is 4.80. The molecule has 0 bridgehead atoms. The lowest BCUT2D eigenvalue weighted by atomic mass is 10.00. The second kappa shape index (κ2) is 5.34. The van der Waals surface area contributed by atoms with Crippen LogP contribution in [0, 0.1) is 0 Å². The molecule has 0 amide bonds. The van der Waals surface area contributed by atoms with Gasteiger partial charge in [-0.25, -0.2) is 4.98 Å². The monoisotopic (exact) mass is 279 g/mol. The van der Waals surface area contributed by atoms with Gasteiger partial charge in [0.1, 0.15) is 5.82 Å². The quantitative estimate of drug-likeness (QED) is 0.791. The number of aryl methyl sites for hydroxylation is 1. The molecule has 0 aliphatic heterocycles. The minimum atomic E-state index is -0.181. The molecule has 1 aromatic heterocycles. The molecule has 0 fully saturated rings. The Labute approximate surface area is 125 Å². The first-order valence-electron chi connectivity index (χ1n) is 7.35. The summed E-state index contributed by atoms with van der Waals surface area (Å²) in [7, 11) is 0. The van der Waals surface area contributed by atoms with Crippen molar-refractivity contribution in [1.82, 2.24) is 9.55 Å². The fraction of sp³-hybridized carbons (Fsp3) is 0.278. The van der Waals surface area contributed by atoms with Gasteiger partial charge in [0, 0.05) is 17.6 Å². The topological polar surface area (TPSA) is 43.8 Å². The largest absolute Gasteiger partial charge is 0.326 e. The molecule has 0 aliphatic carbocycles. The molecule has 1 heterocycles. The molecule has 3 nitrogen and oxygen atoms in total. The highest BCUT2D eigenvalue weighted by Gasteiger charge is 2.16. The summed E-state index contributed by atoms with van der Waals surface area (Å²) in [5, 5.41) is 0. The number of hydrogen-bond donors (Lipinski definition) is 1. The Morgan fingerprint density at radius 1 is 1.00 bits per heavy atom. The normalized spacial score (nSPS) is 12.0. The van der Waals surface area contributed by atoms with Gasteiger partial charge in [0.05, 0.1) is 11.0 Å². The Hall–Kier alpha value is -2.13. The number of para-hydroxylation sites is 3. The van der Waals surface area contributed by atoms with Crippen molar-refractivity contribution in [1.29, 1.82) is 0 Å². The number of aromatic nitrogens is 2. The lowest BCUT2D eigenvalue weighted by Crippen LogP contribution is -2.32. The van der Waals surface area contributed by atoms with Crippen molar-refractivity contribution in [2.24, 2.45) is 5.73 Å². The Balaban J connectivity index is 2.11. The summed E-state index contributed by atoms with van der Waals surface area (Å²) in [6.45, 7) is 4.12. The van der Waals surface area contributed by atoms with E-state index in [9.17, 15) is 0 Å². The van der Waals surface area contributed by atoms with Crippen LogP contribution in [-0.2, 0) is 6.42 Å². The zero-order valence-electron chi connectivity index (χ0n) is 12.6. The Morgan fingerprint density at radius 3 is 2.38 bits per heavy atom. The van der Waals surface area contributed by atoms with Crippen LogP contribution < -0.4 is 5.73 Å². The van der Waals surface area contributed by atoms with Gasteiger partial charge in [-0.2, -0.15) is 0 Å². The van der Waals surface area contributed by atoms with Crippen LogP contribution in [0.4, 0.5) is 0 Å². The molecular formula is C18H21N3. The number of fused-ring (bicyclic) bond motifs is 1. The zero-order valence-corrected chi connectivity index (χ0v) is 12.6. The maximum atomic E-state index is 6.13. The maximum Gasteiger partial charge on any atom is 0.114 e. The van der Waals surface area contributed by atoms with E-state index in [1.165, 1.54) is 0 Å². The van der Waals surface area contributed by atoms with E-state index in [4.69, 9.17) is 10.7 Å². The van der Waals surface area contributed by atoms with Crippen molar-refractivity contribution in [3.8, 4) is 5.69 Å². The minimum Gasteiger partial charge on any atom is -0.326 e. The smallest absolute Gasteiger partial charge is 0.114 e. The Bertz CT molecular complexity index is 736. The molecule has 108 valence electrons. The Kier molecular flexibility index (Phi) is 3.52. The molecule has 0 saturated carbocycles. The molecule has 21 heavy (non-hydrogen) atoms. The SMILES string of the molecule is CC(C)(N)CCc1nc2ccccc2n1-c1ccccc1. The van der Waals surface area contributed by atoms with Gasteiger partial charge in [-0.15, -0.1) is 0 Å². The van der Waals surface area contributed by atoms with E-state index in [2.05, 4.69) is 60.9 Å². The number of imidazole rings is 1. The van der Waals surface area contributed by atoms with E-state index in [-0.39, 0.29) is 5.54 Å². The molecule has 2 aromatic carbocycles. The molecule has 0 radical (unpaired) electrons. The highest BCUT2D eigenvalue weighted by atomic mass is 15.1. The van der Waals surface area contributed by atoms with Crippen LogP contribution in [-0.4, -0.2) is 15.1 Å². The van der Waals surface area contributed by atoms with Crippen LogP contribution in [0.3, 0.4) is 0 Å². The number of nitrogens with two attached hydrogens (primary N) is 1. The third-order valence-corrected chi connectivity index (χ3v) is 3.64. The van der Waals surface area contributed by atoms with Crippen LogP contribution in [0.15, 0.2) is 54.6 Å². The van der Waals surface area contributed by atoms with Crippen molar-refractivity contribution < 1.29 is 0 Å². The summed E-state index contributed by atoms with van der Waals surface area (Å²) in [5.41, 5.74) is 9.28. The Morgan fingerprint density at radius 2 is 1.67 bits per heavy atom. The van der Waals surface area contributed by atoms with Crippen LogP contribution in [0.5, 0.6) is 0 Å². The average molecular weight is 279 g/mol. The van der Waals surface area contributed by atoms with Crippen LogP contribution in [0.25, 0.3) is 16.7 Å². The molecule has 0 aliphatic rings. The lowest BCUT2D eigenvalue weighted by Gasteiger charge is -2.18. The first-order valence-corrected chi connectivity index (χ1v) is 7.35. The number of benzene rings is 2. The van der Waals surface area contributed by atoms with Crippen molar-refractivity contribution >= 4 is 11.0 Å². The molecule has 0 saturated heterocycles. The predicted octanol–water partition coefficient (Wildman–Crippen LogP) is 3.70. The number of rotatable bonds is 4. The van der Waals surface area contributed by atoms with Gasteiger partial charge < -0.3 is 5.73 Å². The van der Waals surface area contributed by atoms with Gasteiger partial charge >= 0.3 is 0 Å².